The molecule has 1 aromatic carbocycles. The smallest absolute Gasteiger partial charge is 0.273 e. The number of aryl methyl sites for hydroxylation is 1. The minimum absolute atomic E-state index is 0.124. The van der Waals surface area contributed by atoms with Gasteiger partial charge in [-0.2, -0.15) is 0 Å². The van der Waals surface area contributed by atoms with Crippen LogP contribution in [0.25, 0.3) is 0 Å². The molecule has 0 bridgehead atoms. The number of likely N-dealkylation sites (tertiary alicyclic amines) is 1. The second kappa shape index (κ2) is 6.85. The van der Waals surface area contributed by atoms with Crippen LogP contribution in [0.3, 0.4) is 0 Å². The normalized spacial score (nSPS) is 20.2. The third kappa shape index (κ3) is 2.71. The SMILES string of the molecule is CCc1ocnc1C(=O)NC1CCN(C(=O)c2cccc(N)c2N)C12CCC2. The summed E-state index contributed by atoms with van der Waals surface area (Å²) in [5.74, 6) is 0.190. The van der Waals surface area contributed by atoms with E-state index in [4.69, 9.17) is 15.9 Å². The Balaban J connectivity index is 1.57. The summed E-state index contributed by atoms with van der Waals surface area (Å²) in [6.45, 7) is 2.48. The van der Waals surface area contributed by atoms with Crippen molar-refractivity contribution in [1.29, 1.82) is 0 Å². The van der Waals surface area contributed by atoms with Gasteiger partial charge in [0.15, 0.2) is 12.1 Å². The fourth-order valence-electron chi connectivity index (χ4n) is 4.45. The Morgan fingerprint density at radius 2 is 2.14 bits per heavy atom. The molecular weight excluding hydrogens is 358 g/mol. The van der Waals surface area contributed by atoms with Crippen molar-refractivity contribution in [2.75, 3.05) is 18.0 Å². The Hall–Kier alpha value is -3.03. The number of nitrogens with one attached hydrogen (secondary N) is 1. The summed E-state index contributed by atoms with van der Waals surface area (Å²) < 4.78 is 5.27. The van der Waals surface area contributed by atoms with Gasteiger partial charge < -0.3 is 26.1 Å². The van der Waals surface area contributed by atoms with Crippen molar-refractivity contribution < 1.29 is 14.0 Å². The molecule has 4 rings (SSSR count). The Labute approximate surface area is 163 Å². The predicted molar refractivity (Wildman–Crippen MR) is 105 cm³/mol. The van der Waals surface area contributed by atoms with Crippen LogP contribution >= 0.6 is 0 Å². The summed E-state index contributed by atoms with van der Waals surface area (Å²) in [5.41, 5.74) is 13.0. The lowest BCUT2D eigenvalue weighted by Gasteiger charge is -2.49. The summed E-state index contributed by atoms with van der Waals surface area (Å²) >= 11 is 0. The van der Waals surface area contributed by atoms with Gasteiger partial charge in [0, 0.05) is 13.0 Å². The highest BCUT2D eigenvalue weighted by Crippen LogP contribution is 2.46. The largest absolute Gasteiger partial charge is 0.448 e. The van der Waals surface area contributed by atoms with Crippen LogP contribution in [0.4, 0.5) is 11.4 Å². The molecule has 2 heterocycles. The number of anilines is 2. The van der Waals surface area contributed by atoms with Crippen LogP contribution < -0.4 is 16.8 Å². The van der Waals surface area contributed by atoms with Crippen LogP contribution in [0.1, 0.15) is 59.2 Å². The second-order valence-electron chi connectivity index (χ2n) is 7.51. The molecule has 1 saturated carbocycles. The van der Waals surface area contributed by atoms with Gasteiger partial charge >= 0.3 is 0 Å². The zero-order chi connectivity index (χ0) is 19.9. The minimum Gasteiger partial charge on any atom is -0.448 e. The Kier molecular flexibility index (Phi) is 4.49. The Morgan fingerprint density at radius 3 is 2.82 bits per heavy atom. The number of rotatable bonds is 4. The second-order valence-corrected chi connectivity index (χ2v) is 7.51. The molecule has 1 spiro atoms. The van der Waals surface area contributed by atoms with E-state index in [2.05, 4.69) is 10.3 Å². The van der Waals surface area contributed by atoms with E-state index in [1.54, 1.807) is 18.2 Å². The molecule has 1 aliphatic carbocycles. The number of nitrogens with zero attached hydrogens (tertiary/aromatic N) is 2. The van der Waals surface area contributed by atoms with E-state index >= 15 is 0 Å². The molecule has 5 N–H and O–H groups in total. The number of carbonyl (C=O) groups is 2. The molecule has 148 valence electrons. The lowest BCUT2D eigenvalue weighted by atomic mass is 9.71. The summed E-state index contributed by atoms with van der Waals surface area (Å²) in [4.78, 5) is 31.9. The van der Waals surface area contributed by atoms with Gasteiger partial charge in [-0.3, -0.25) is 9.59 Å². The number of amides is 2. The topological polar surface area (TPSA) is 127 Å². The summed E-state index contributed by atoms with van der Waals surface area (Å²) in [5, 5.41) is 3.10. The van der Waals surface area contributed by atoms with Gasteiger partial charge in [-0.25, -0.2) is 4.98 Å². The number of nitrogens with two attached hydrogens (primary N) is 2. The molecule has 1 saturated heterocycles. The number of benzene rings is 1. The monoisotopic (exact) mass is 383 g/mol. The molecule has 1 aliphatic heterocycles. The molecule has 2 aliphatic rings. The van der Waals surface area contributed by atoms with Crippen LogP contribution in [0.5, 0.6) is 0 Å². The molecular formula is C20H25N5O3. The zero-order valence-electron chi connectivity index (χ0n) is 15.9. The predicted octanol–water partition coefficient (Wildman–Crippen LogP) is 1.97. The number of oxazole rings is 1. The molecule has 2 fully saturated rings. The number of hydrogen-bond acceptors (Lipinski definition) is 6. The number of hydrogen-bond donors (Lipinski definition) is 3. The van der Waals surface area contributed by atoms with E-state index < -0.39 is 0 Å². The third-order valence-corrected chi connectivity index (χ3v) is 6.14. The van der Waals surface area contributed by atoms with Crippen molar-refractivity contribution in [3.8, 4) is 0 Å². The van der Waals surface area contributed by atoms with Gasteiger partial charge in [0.25, 0.3) is 11.8 Å². The Morgan fingerprint density at radius 1 is 1.36 bits per heavy atom. The number of aromatic nitrogens is 1. The van der Waals surface area contributed by atoms with E-state index in [0.717, 1.165) is 19.3 Å². The quantitative estimate of drug-likeness (QED) is 0.693. The number of carbonyl (C=O) groups excluding carboxylic acids is 2. The van der Waals surface area contributed by atoms with Crippen LogP contribution in [0.2, 0.25) is 0 Å². The van der Waals surface area contributed by atoms with Crippen molar-refractivity contribution in [3.63, 3.8) is 0 Å². The van der Waals surface area contributed by atoms with Gasteiger partial charge in [0.2, 0.25) is 0 Å². The van der Waals surface area contributed by atoms with Crippen LogP contribution in [-0.2, 0) is 6.42 Å². The average Bonchev–Trinajstić information content (AvgIpc) is 3.27. The molecule has 1 atom stereocenters. The first-order chi connectivity index (χ1) is 13.5. The van der Waals surface area contributed by atoms with Crippen LogP contribution in [0, 0.1) is 0 Å². The molecule has 28 heavy (non-hydrogen) atoms. The van der Waals surface area contributed by atoms with Crippen molar-refractivity contribution in [2.45, 2.75) is 50.6 Å². The van der Waals surface area contributed by atoms with Gasteiger partial charge in [0.1, 0.15) is 5.76 Å². The summed E-state index contributed by atoms with van der Waals surface area (Å²) in [7, 11) is 0. The van der Waals surface area contributed by atoms with E-state index in [9.17, 15) is 9.59 Å². The van der Waals surface area contributed by atoms with Crippen LogP contribution in [-0.4, -0.2) is 39.8 Å². The first-order valence-electron chi connectivity index (χ1n) is 9.67. The maximum atomic E-state index is 13.2. The lowest BCUT2D eigenvalue weighted by molar-refractivity contribution is 0.0260. The highest BCUT2D eigenvalue weighted by Gasteiger charge is 2.55. The Bertz CT molecular complexity index is 918. The standard InChI is InChI=1S/C20H25N5O3/c1-2-14-17(23-11-28-14)18(26)24-15-7-10-25(20(15)8-4-9-20)19(27)12-5-3-6-13(21)16(12)22/h3,5-6,11,15H,2,4,7-10,21-22H2,1H3,(H,24,26). The summed E-state index contributed by atoms with van der Waals surface area (Å²) in [6.07, 6.45) is 5.31. The first-order valence-corrected chi connectivity index (χ1v) is 9.67. The third-order valence-electron chi connectivity index (χ3n) is 6.14. The van der Waals surface area contributed by atoms with E-state index in [1.807, 2.05) is 11.8 Å². The van der Waals surface area contributed by atoms with Gasteiger partial charge in [-0.15, -0.1) is 0 Å². The van der Waals surface area contributed by atoms with Crippen molar-refractivity contribution >= 4 is 23.2 Å². The number of para-hydroxylation sites is 1. The van der Waals surface area contributed by atoms with Crippen molar-refractivity contribution in [2.24, 2.45) is 0 Å². The fraction of sp³-hybridized carbons (Fsp3) is 0.450. The molecule has 1 aromatic heterocycles. The van der Waals surface area contributed by atoms with E-state index in [1.165, 1.54) is 6.39 Å². The molecule has 2 amide bonds. The first kappa shape index (κ1) is 18.3. The molecule has 8 nitrogen and oxygen atoms in total. The highest BCUT2D eigenvalue weighted by atomic mass is 16.3. The highest BCUT2D eigenvalue weighted by molar-refractivity contribution is 6.02. The van der Waals surface area contributed by atoms with E-state index in [-0.39, 0.29) is 23.4 Å². The van der Waals surface area contributed by atoms with Crippen molar-refractivity contribution in [3.05, 3.63) is 41.6 Å². The zero-order valence-corrected chi connectivity index (χ0v) is 15.9. The van der Waals surface area contributed by atoms with Gasteiger partial charge in [-0.05, 0) is 37.8 Å². The van der Waals surface area contributed by atoms with Crippen molar-refractivity contribution in [1.82, 2.24) is 15.2 Å². The minimum atomic E-state index is -0.375. The fourth-order valence-corrected chi connectivity index (χ4v) is 4.45. The number of nitrogen functional groups attached to an aromatic ring is 2. The molecule has 1 unspecified atom stereocenters. The maximum absolute atomic E-state index is 13.2. The molecule has 8 heteroatoms. The van der Waals surface area contributed by atoms with E-state index in [0.29, 0.717) is 47.8 Å². The maximum Gasteiger partial charge on any atom is 0.273 e. The molecule has 0 radical (unpaired) electrons. The van der Waals surface area contributed by atoms with Gasteiger partial charge in [-0.1, -0.05) is 13.0 Å². The lowest BCUT2D eigenvalue weighted by Crippen LogP contribution is -2.62. The average molecular weight is 383 g/mol. The summed E-state index contributed by atoms with van der Waals surface area (Å²) in [6, 6.07) is 5.00. The molecule has 2 aromatic rings. The van der Waals surface area contributed by atoms with Crippen LogP contribution in [0.15, 0.2) is 29.0 Å². The van der Waals surface area contributed by atoms with Gasteiger partial charge in [0.05, 0.1) is 28.5 Å².